The highest BCUT2D eigenvalue weighted by Crippen LogP contribution is 2.35. The molecule has 2 N–H and O–H groups in total. The largest absolute Gasteiger partial charge is 0.508 e. The second kappa shape index (κ2) is 4.13. The zero-order valence-corrected chi connectivity index (χ0v) is 10.3. The van der Waals surface area contributed by atoms with Gasteiger partial charge in [0, 0.05) is 5.56 Å². The molecule has 2 heteroatoms. The van der Waals surface area contributed by atoms with Crippen molar-refractivity contribution in [1.82, 2.24) is 0 Å². The van der Waals surface area contributed by atoms with Crippen molar-refractivity contribution in [3.05, 3.63) is 47.0 Å². The Morgan fingerprint density at radius 1 is 0.706 bits per heavy atom. The van der Waals surface area contributed by atoms with Crippen LogP contribution in [0.2, 0.25) is 0 Å². The molecule has 0 aliphatic heterocycles. The summed E-state index contributed by atoms with van der Waals surface area (Å²) < 4.78 is 0. The quantitative estimate of drug-likeness (QED) is 0.731. The Balaban J connectivity index is 2.60. The predicted octanol–water partition coefficient (Wildman–Crippen LogP) is 3.69. The molecule has 2 rings (SSSR count). The summed E-state index contributed by atoms with van der Waals surface area (Å²) in [5.74, 6) is 0.402. The Kier molecular flexibility index (Phi) is 2.80. The summed E-state index contributed by atoms with van der Waals surface area (Å²) in [5.41, 5.74) is 4.64. The van der Waals surface area contributed by atoms with Gasteiger partial charge in [-0.15, -0.1) is 0 Å². The summed E-state index contributed by atoms with van der Waals surface area (Å²) in [5, 5.41) is 19.6. The molecule has 0 aliphatic carbocycles. The van der Waals surface area contributed by atoms with Crippen molar-refractivity contribution < 1.29 is 10.2 Å². The Bertz CT molecular complexity index is 571. The van der Waals surface area contributed by atoms with Gasteiger partial charge in [0.1, 0.15) is 11.5 Å². The third-order valence-electron chi connectivity index (χ3n) is 3.13. The van der Waals surface area contributed by atoms with Gasteiger partial charge in [0.15, 0.2) is 0 Å². The van der Waals surface area contributed by atoms with Gasteiger partial charge in [-0.1, -0.05) is 18.2 Å². The summed E-state index contributed by atoms with van der Waals surface area (Å²) in [7, 11) is 0. The highest BCUT2D eigenvalue weighted by Gasteiger charge is 2.08. The average Bonchev–Trinajstić information content (AvgIpc) is 2.27. The van der Waals surface area contributed by atoms with Crippen LogP contribution >= 0.6 is 0 Å². The maximum absolute atomic E-state index is 9.92. The van der Waals surface area contributed by atoms with Crippen molar-refractivity contribution in [2.45, 2.75) is 20.8 Å². The fourth-order valence-electron chi connectivity index (χ4n) is 1.82. The molecule has 0 aliphatic rings. The maximum atomic E-state index is 9.92. The number of aryl methyl sites for hydroxylation is 3. The highest BCUT2D eigenvalue weighted by atomic mass is 16.3. The van der Waals surface area contributed by atoms with Crippen LogP contribution in [0, 0.1) is 20.8 Å². The molecule has 0 heterocycles. The lowest BCUT2D eigenvalue weighted by atomic mass is 9.98. The van der Waals surface area contributed by atoms with Crippen molar-refractivity contribution in [2.24, 2.45) is 0 Å². The first kappa shape index (κ1) is 11.5. The van der Waals surface area contributed by atoms with E-state index in [0.29, 0.717) is 11.1 Å². The molecule has 0 atom stereocenters. The smallest absolute Gasteiger partial charge is 0.123 e. The van der Waals surface area contributed by atoms with Crippen LogP contribution < -0.4 is 0 Å². The van der Waals surface area contributed by atoms with E-state index < -0.39 is 0 Å². The monoisotopic (exact) mass is 228 g/mol. The minimum Gasteiger partial charge on any atom is -0.508 e. The van der Waals surface area contributed by atoms with Gasteiger partial charge in [-0.3, -0.25) is 0 Å². The third kappa shape index (κ3) is 2.11. The van der Waals surface area contributed by atoms with E-state index in [-0.39, 0.29) is 11.5 Å². The molecule has 0 saturated heterocycles. The first-order chi connectivity index (χ1) is 7.99. The number of benzene rings is 2. The molecule has 2 aromatic carbocycles. The van der Waals surface area contributed by atoms with Crippen molar-refractivity contribution >= 4 is 0 Å². The van der Waals surface area contributed by atoms with E-state index in [1.54, 1.807) is 19.1 Å². The van der Waals surface area contributed by atoms with Gasteiger partial charge in [-0.05, 0) is 55.2 Å². The molecular formula is C15H16O2. The average molecular weight is 228 g/mol. The zero-order chi connectivity index (χ0) is 12.6. The van der Waals surface area contributed by atoms with Crippen LogP contribution in [0.1, 0.15) is 16.7 Å². The molecule has 2 aromatic rings. The second-order valence-corrected chi connectivity index (χ2v) is 4.45. The van der Waals surface area contributed by atoms with Crippen LogP contribution in [-0.4, -0.2) is 10.2 Å². The van der Waals surface area contributed by atoms with Gasteiger partial charge in [-0.25, -0.2) is 0 Å². The lowest BCUT2D eigenvalue weighted by Crippen LogP contribution is -1.85. The summed E-state index contributed by atoms with van der Waals surface area (Å²) in [6.45, 7) is 5.84. The standard InChI is InChI=1S/C15H16O2/c1-9-4-5-12(6-10(9)2)13-8-14(16)11(3)7-15(13)17/h4-8,16-17H,1-3H3. The van der Waals surface area contributed by atoms with Crippen LogP contribution in [0.25, 0.3) is 11.1 Å². The van der Waals surface area contributed by atoms with Gasteiger partial charge in [0.25, 0.3) is 0 Å². The van der Waals surface area contributed by atoms with Crippen molar-refractivity contribution in [3.63, 3.8) is 0 Å². The van der Waals surface area contributed by atoms with Crippen LogP contribution in [-0.2, 0) is 0 Å². The van der Waals surface area contributed by atoms with Crippen molar-refractivity contribution in [3.8, 4) is 22.6 Å². The van der Waals surface area contributed by atoms with Gasteiger partial charge in [0.2, 0.25) is 0 Å². The topological polar surface area (TPSA) is 40.5 Å². The first-order valence-electron chi connectivity index (χ1n) is 5.59. The summed E-state index contributed by atoms with van der Waals surface area (Å²) in [6, 6.07) is 9.17. The fourth-order valence-corrected chi connectivity index (χ4v) is 1.82. The van der Waals surface area contributed by atoms with Crippen LogP contribution in [0.5, 0.6) is 11.5 Å². The molecule has 0 fully saturated rings. The lowest BCUT2D eigenvalue weighted by Gasteiger charge is -2.09. The molecule has 0 bridgehead atoms. The zero-order valence-electron chi connectivity index (χ0n) is 10.3. The number of phenolic OH excluding ortho intramolecular Hbond substituents is 2. The highest BCUT2D eigenvalue weighted by molar-refractivity contribution is 5.73. The molecule has 17 heavy (non-hydrogen) atoms. The summed E-state index contributed by atoms with van der Waals surface area (Å²) in [6.07, 6.45) is 0. The van der Waals surface area contributed by atoms with Crippen molar-refractivity contribution in [1.29, 1.82) is 0 Å². The van der Waals surface area contributed by atoms with Gasteiger partial charge in [0.05, 0.1) is 0 Å². The minimum atomic E-state index is 0.198. The normalized spacial score (nSPS) is 10.5. The molecular weight excluding hydrogens is 212 g/mol. The van der Waals surface area contributed by atoms with E-state index in [2.05, 4.69) is 0 Å². The predicted molar refractivity (Wildman–Crippen MR) is 69.4 cm³/mol. The Morgan fingerprint density at radius 2 is 1.41 bits per heavy atom. The van der Waals surface area contributed by atoms with Crippen LogP contribution in [0.4, 0.5) is 0 Å². The maximum Gasteiger partial charge on any atom is 0.123 e. The fraction of sp³-hybridized carbons (Fsp3) is 0.200. The summed E-state index contributed by atoms with van der Waals surface area (Å²) in [4.78, 5) is 0. The minimum absolute atomic E-state index is 0.198. The number of hydrogen-bond acceptors (Lipinski definition) is 2. The SMILES string of the molecule is Cc1ccc(-c2cc(O)c(C)cc2O)cc1C. The molecule has 0 saturated carbocycles. The van der Waals surface area contributed by atoms with Crippen LogP contribution in [0.15, 0.2) is 30.3 Å². The van der Waals surface area contributed by atoms with Gasteiger partial charge >= 0.3 is 0 Å². The van der Waals surface area contributed by atoms with E-state index in [1.165, 1.54) is 11.1 Å². The molecule has 88 valence electrons. The molecule has 0 amide bonds. The third-order valence-corrected chi connectivity index (χ3v) is 3.13. The van der Waals surface area contributed by atoms with Gasteiger partial charge in [-0.2, -0.15) is 0 Å². The molecule has 0 spiro atoms. The molecule has 0 radical (unpaired) electrons. The second-order valence-electron chi connectivity index (χ2n) is 4.45. The molecule has 2 nitrogen and oxygen atoms in total. The molecule has 0 aromatic heterocycles. The number of phenols is 2. The molecule has 0 unspecified atom stereocenters. The van der Waals surface area contributed by atoms with Crippen molar-refractivity contribution in [2.75, 3.05) is 0 Å². The number of aromatic hydroxyl groups is 2. The Hall–Kier alpha value is -1.96. The summed E-state index contributed by atoms with van der Waals surface area (Å²) >= 11 is 0. The van der Waals surface area contributed by atoms with E-state index in [9.17, 15) is 10.2 Å². The number of rotatable bonds is 1. The lowest BCUT2D eigenvalue weighted by molar-refractivity contribution is 0.458. The number of hydrogen-bond donors (Lipinski definition) is 2. The Labute approximate surface area is 101 Å². The first-order valence-corrected chi connectivity index (χ1v) is 5.59. The van der Waals surface area contributed by atoms with Crippen LogP contribution in [0.3, 0.4) is 0 Å². The van der Waals surface area contributed by atoms with E-state index in [4.69, 9.17) is 0 Å². The van der Waals surface area contributed by atoms with E-state index in [1.807, 2.05) is 32.0 Å². The van der Waals surface area contributed by atoms with E-state index in [0.717, 1.165) is 5.56 Å². The Morgan fingerprint density at radius 3 is 2.06 bits per heavy atom. The van der Waals surface area contributed by atoms with Gasteiger partial charge < -0.3 is 10.2 Å². The van der Waals surface area contributed by atoms with E-state index >= 15 is 0 Å².